The summed E-state index contributed by atoms with van der Waals surface area (Å²) in [6, 6.07) is 8.77. The van der Waals surface area contributed by atoms with Crippen LogP contribution in [0.5, 0.6) is 0 Å². The lowest BCUT2D eigenvalue weighted by molar-refractivity contribution is -0.142. The maximum atomic E-state index is 13.6. The van der Waals surface area contributed by atoms with Crippen LogP contribution in [0, 0.1) is 5.82 Å². The van der Waals surface area contributed by atoms with E-state index < -0.39 is 40.9 Å². The molecule has 1 aliphatic rings. The van der Waals surface area contributed by atoms with Crippen LogP contribution in [0.25, 0.3) is 0 Å². The van der Waals surface area contributed by atoms with Gasteiger partial charge in [0.25, 0.3) is 5.91 Å². The zero-order chi connectivity index (χ0) is 20.9. The first kappa shape index (κ1) is 19.9. The van der Waals surface area contributed by atoms with Crippen LogP contribution < -0.4 is 0 Å². The first-order valence-corrected chi connectivity index (χ1v) is 8.44. The summed E-state index contributed by atoms with van der Waals surface area (Å²) >= 11 is 0. The summed E-state index contributed by atoms with van der Waals surface area (Å²) in [6.45, 7) is 2.81. The molecular weight excluding hydrogens is 378 g/mol. The molecule has 1 heterocycles. The molecular formula is C20H17F4NO3. The quantitative estimate of drug-likeness (QED) is 0.782. The number of carbonyl (C=O) groups excluding carboxylic acids is 1. The average molecular weight is 395 g/mol. The van der Waals surface area contributed by atoms with E-state index in [4.69, 9.17) is 0 Å². The Hall–Kier alpha value is -2.90. The molecule has 0 fully saturated rings. The van der Waals surface area contributed by atoms with Crippen molar-refractivity contribution in [2.24, 2.45) is 0 Å². The molecule has 148 valence electrons. The number of amides is 1. The minimum atomic E-state index is -4.88. The maximum Gasteiger partial charge on any atom is 0.419 e. The van der Waals surface area contributed by atoms with Crippen molar-refractivity contribution in [2.75, 3.05) is 0 Å². The number of carboxylic acid groups (broad SMARTS) is 1. The van der Waals surface area contributed by atoms with E-state index in [-0.39, 0.29) is 17.7 Å². The van der Waals surface area contributed by atoms with Gasteiger partial charge in [-0.1, -0.05) is 24.3 Å². The van der Waals surface area contributed by atoms with Crippen LogP contribution in [0.15, 0.2) is 42.5 Å². The molecule has 1 atom stereocenters. The van der Waals surface area contributed by atoms with Gasteiger partial charge in [0.1, 0.15) is 11.7 Å². The van der Waals surface area contributed by atoms with E-state index >= 15 is 0 Å². The Labute approximate surface area is 158 Å². The highest BCUT2D eigenvalue weighted by atomic mass is 19.4. The monoisotopic (exact) mass is 395 g/mol. The molecule has 0 bridgehead atoms. The zero-order valence-electron chi connectivity index (χ0n) is 15.0. The molecule has 1 amide bonds. The Balaban J connectivity index is 2.07. The van der Waals surface area contributed by atoms with E-state index in [0.29, 0.717) is 17.7 Å². The summed E-state index contributed by atoms with van der Waals surface area (Å²) in [5.41, 5.74) is -2.05. The lowest BCUT2D eigenvalue weighted by atomic mass is 9.74. The second-order valence-corrected chi connectivity index (χ2v) is 7.22. The third-order valence-corrected chi connectivity index (χ3v) is 5.07. The van der Waals surface area contributed by atoms with E-state index in [1.54, 1.807) is 32.0 Å². The predicted molar refractivity (Wildman–Crippen MR) is 92.2 cm³/mol. The molecule has 0 saturated heterocycles. The van der Waals surface area contributed by atoms with Gasteiger partial charge < -0.3 is 10.0 Å². The van der Waals surface area contributed by atoms with E-state index in [1.165, 1.54) is 11.0 Å². The molecule has 1 unspecified atom stereocenters. The molecule has 0 saturated carbocycles. The van der Waals surface area contributed by atoms with Crippen molar-refractivity contribution < 1.29 is 32.3 Å². The summed E-state index contributed by atoms with van der Waals surface area (Å²) in [6.07, 6.45) is -4.88. The number of fused-ring (bicyclic) bond motifs is 1. The van der Waals surface area contributed by atoms with Crippen LogP contribution in [-0.2, 0) is 17.5 Å². The van der Waals surface area contributed by atoms with Crippen LogP contribution in [0.2, 0.25) is 0 Å². The molecule has 0 radical (unpaired) electrons. The van der Waals surface area contributed by atoms with E-state index in [2.05, 4.69) is 0 Å². The van der Waals surface area contributed by atoms with Crippen molar-refractivity contribution in [3.05, 3.63) is 70.5 Å². The third kappa shape index (κ3) is 3.23. The van der Waals surface area contributed by atoms with Crippen molar-refractivity contribution in [1.82, 2.24) is 4.90 Å². The van der Waals surface area contributed by atoms with Crippen LogP contribution in [0.1, 0.15) is 46.8 Å². The number of hydrogen-bond donors (Lipinski definition) is 1. The smallest absolute Gasteiger partial charge is 0.419 e. The second kappa shape index (κ2) is 6.61. The SMILES string of the molecule is CC1(C)C(C(=O)O)c2ccccc2C(=O)N1Cc1ccc(F)c(C(F)(F)F)c1. The Bertz CT molecular complexity index is 953. The molecule has 2 aromatic rings. The minimum absolute atomic E-state index is 0.0543. The zero-order valence-corrected chi connectivity index (χ0v) is 15.0. The van der Waals surface area contributed by atoms with E-state index in [1.807, 2.05) is 0 Å². The number of carboxylic acids is 1. The van der Waals surface area contributed by atoms with Crippen molar-refractivity contribution in [2.45, 2.75) is 38.0 Å². The van der Waals surface area contributed by atoms with Gasteiger partial charge in [0.15, 0.2) is 0 Å². The van der Waals surface area contributed by atoms with Gasteiger partial charge in [0.2, 0.25) is 0 Å². The number of nitrogens with zero attached hydrogens (tertiary/aromatic N) is 1. The molecule has 2 aromatic carbocycles. The van der Waals surface area contributed by atoms with Crippen molar-refractivity contribution in [3.8, 4) is 0 Å². The number of rotatable bonds is 3. The number of benzene rings is 2. The van der Waals surface area contributed by atoms with Gasteiger partial charge in [0.05, 0.1) is 11.1 Å². The number of hydrogen-bond acceptors (Lipinski definition) is 2. The van der Waals surface area contributed by atoms with Gasteiger partial charge in [0, 0.05) is 12.1 Å². The fraction of sp³-hybridized carbons (Fsp3) is 0.300. The summed E-state index contributed by atoms with van der Waals surface area (Å²) in [5, 5.41) is 9.74. The topological polar surface area (TPSA) is 57.6 Å². The van der Waals surface area contributed by atoms with E-state index in [0.717, 1.165) is 6.07 Å². The molecule has 28 heavy (non-hydrogen) atoms. The molecule has 1 aliphatic heterocycles. The fourth-order valence-electron chi connectivity index (χ4n) is 3.67. The maximum absolute atomic E-state index is 13.6. The van der Waals surface area contributed by atoms with Crippen molar-refractivity contribution in [1.29, 1.82) is 0 Å². The van der Waals surface area contributed by atoms with Gasteiger partial charge in [-0.2, -0.15) is 13.2 Å². The van der Waals surface area contributed by atoms with Gasteiger partial charge in [-0.05, 0) is 43.2 Å². The van der Waals surface area contributed by atoms with Gasteiger partial charge in [-0.3, -0.25) is 9.59 Å². The molecule has 0 aromatic heterocycles. The van der Waals surface area contributed by atoms with Crippen LogP contribution in [-0.4, -0.2) is 27.4 Å². The molecule has 0 spiro atoms. The van der Waals surface area contributed by atoms with E-state index in [9.17, 15) is 32.3 Å². The normalized spacial score (nSPS) is 18.7. The number of aliphatic carboxylic acids is 1. The molecule has 8 heteroatoms. The van der Waals surface area contributed by atoms with Crippen LogP contribution >= 0.6 is 0 Å². The molecule has 4 nitrogen and oxygen atoms in total. The molecule has 0 aliphatic carbocycles. The predicted octanol–water partition coefficient (Wildman–Crippen LogP) is 4.45. The van der Waals surface area contributed by atoms with Crippen LogP contribution in [0.4, 0.5) is 17.6 Å². The molecule has 1 N–H and O–H groups in total. The summed E-state index contributed by atoms with van der Waals surface area (Å²) in [4.78, 5) is 26.1. The average Bonchev–Trinajstić information content (AvgIpc) is 2.58. The largest absolute Gasteiger partial charge is 0.481 e. The van der Waals surface area contributed by atoms with Gasteiger partial charge in [-0.25, -0.2) is 4.39 Å². The molecule has 3 rings (SSSR count). The highest BCUT2D eigenvalue weighted by Gasteiger charge is 2.49. The number of halogens is 4. The number of carbonyl (C=O) groups is 2. The first-order chi connectivity index (χ1) is 12.9. The Morgan fingerprint density at radius 3 is 2.43 bits per heavy atom. The summed E-state index contributed by atoms with van der Waals surface area (Å²) in [7, 11) is 0. The lowest BCUT2D eigenvalue weighted by Crippen LogP contribution is -2.56. The Morgan fingerprint density at radius 1 is 1.18 bits per heavy atom. The van der Waals surface area contributed by atoms with Crippen LogP contribution in [0.3, 0.4) is 0 Å². The summed E-state index contributed by atoms with van der Waals surface area (Å²) in [5.74, 6) is -4.11. The van der Waals surface area contributed by atoms with Gasteiger partial charge in [-0.15, -0.1) is 0 Å². The fourth-order valence-corrected chi connectivity index (χ4v) is 3.67. The van der Waals surface area contributed by atoms with Crippen molar-refractivity contribution in [3.63, 3.8) is 0 Å². The second-order valence-electron chi connectivity index (χ2n) is 7.22. The van der Waals surface area contributed by atoms with Gasteiger partial charge >= 0.3 is 12.1 Å². The van der Waals surface area contributed by atoms with Crippen molar-refractivity contribution >= 4 is 11.9 Å². The standard InChI is InChI=1S/C20H17F4NO3/c1-19(2)16(18(27)28)12-5-3-4-6-13(12)17(26)25(19)10-11-7-8-15(21)14(9-11)20(22,23)24/h3-9,16H,10H2,1-2H3,(H,27,28). The minimum Gasteiger partial charge on any atom is -0.481 e. The lowest BCUT2D eigenvalue weighted by Gasteiger charge is -2.47. The highest BCUT2D eigenvalue weighted by Crippen LogP contribution is 2.42. The third-order valence-electron chi connectivity index (χ3n) is 5.07. The first-order valence-electron chi connectivity index (χ1n) is 8.44. The highest BCUT2D eigenvalue weighted by molar-refractivity contribution is 6.00. The summed E-state index contributed by atoms with van der Waals surface area (Å²) < 4.78 is 52.6. The number of alkyl halides is 3. The Morgan fingerprint density at radius 2 is 1.82 bits per heavy atom. The Kier molecular flexibility index (Phi) is 4.69.